The number of nitrogens with one attached hydrogen (secondary N) is 1. The Bertz CT molecular complexity index is 302. The van der Waals surface area contributed by atoms with Crippen molar-refractivity contribution < 1.29 is 14.3 Å². The third-order valence-electron chi connectivity index (χ3n) is 4.23. The van der Waals surface area contributed by atoms with Gasteiger partial charge in [0.15, 0.2) is 0 Å². The van der Waals surface area contributed by atoms with E-state index in [1.165, 1.54) is 12.8 Å². The molecule has 1 aliphatic carbocycles. The lowest BCUT2D eigenvalue weighted by molar-refractivity contribution is -0.126. The van der Waals surface area contributed by atoms with Crippen molar-refractivity contribution in [3.63, 3.8) is 0 Å². The van der Waals surface area contributed by atoms with E-state index in [1.54, 1.807) is 0 Å². The fraction of sp³-hybridized carbons (Fsp3) is 0.941. The Morgan fingerprint density at radius 3 is 2.25 bits per heavy atom. The third kappa shape index (κ3) is 12.3. The lowest BCUT2D eigenvalue weighted by Crippen LogP contribution is -2.37. The van der Waals surface area contributed by atoms with Gasteiger partial charge in [-0.15, -0.1) is 24.0 Å². The number of carbonyl (C=O) groups excluding carboxylic acids is 1. The molecule has 0 unspecified atom stereocenters. The Balaban J connectivity index is 0.00000529. The highest BCUT2D eigenvalue weighted by molar-refractivity contribution is 6.17. The molecular weight excluding hydrogens is 351 g/mol. The number of ether oxygens (including phenoxy) is 2. The van der Waals surface area contributed by atoms with Gasteiger partial charge in [0.1, 0.15) is 0 Å². The molecule has 5 nitrogen and oxygen atoms in total. The first-order valence-electron chi connectivity index (χ1n) is 8.98. The maximum Gasteiger partial charge on any atom is 0.223 e. The highest BCUT2D eigenvalue weighted by Gasteiger charge is 2.23. The average molecular weight is 385 g/mol. The summed E-state index contributed by atoms with van der Waals surface area (Å²) in [6, 6.07) is 0.280. The van der Waals surface area contributed by atoms with Gasteiger partial charge in [0.25, 0.3) is 0 Å². The molecule has 0 radical (unpaired) electrons. The molecule has 1 amide bonds. The molecule has 1 saturated carbocycles. The molecule has 24 heavy (non-hydrogen) atoms. The summed E-state index contributed by atoms with van der Waals surface area (Å²) in [6.45, 7) is 3.09. The van der Waals surface area contributed by atoms with Crippen LogP contribution in [0.2, 0.25) is 0 Å². The van der Waals surface area contributed by atoms with Crippen LogP contribution in [-0.4, -0.2) is 50.8 Å². The van der Waals surface area contributed by atoms with Gasteiger partial charge in [-0.05, 0) is 38.5 Å². The molecule has 7 heteroatoms. The van der Waals surface area contributed by atoms with Crippen LogP contribution in [0.4, 0.5) is 0 Å². The molecule has 1 rings (SSSR count). The fourth-order valence-electron chi connectivity index (χ4n) is 2.75. The van der Waals surface area contributed by atoms with Gasteiger partial charge in [0, 0.05) is 31.0 Å². The van der Waals surface area contributed by atoms with Gasteiger partial charge in [0.2, 0.25) is 5.91 Å². The third-order valence-corrected chi connectivity index (χ3v) is 4.50. The normalized spacial score (nSPS) is 20.4. The van der Waals surface area contributed by atoms with Crippen LogP contribution in [0.3, 0.4) is 0 Å². The average Bonchev–Trinajstić information content (AvgIpc) is 2.56. The lowest BCUT2D eigenvalue weighted by Gasteiger charge is -2.25. The van der Waals surface area contributed by atoms with E-state index in [0.29, 0.717) is 26.4 Å². The molecule has 0 saturated heterocycles. The van der Waals surface area contributed by atoms with Crippen molar-refractivity contribution >= 4 is 29.9 Å². The summed E-state index contributed by atoms with van der Waals surface area (Å²) in [5.41, 5.74) is 5.85. The summed E-state index contributed by atoms with van der Waals surface area (Å²) in [6.07, 6.45) is 8.25. The lowest BCUT2D eigenvalue weighted by atomic mass is 9.86. The molecule has 0 aliphatic heterocycles. The smallest absolute Gasteiger partial charge is 0.223 e. The number of nitrogens with two attached hydrogens (primary N) is 1. The first kappa shape index (κ1) is 23.9. The standard InChI is InChI=1S/C17H33ClN2O3.ClH/c18-9-3-1-2-4-11-22-13-14-23-12-10-20-17(21)15-5-7-16(19)8-6-15;/h15-16H,1-14,19H2,(H,20,21);1H/t15-,16-;. The van der Waals surface area contributed by atoms with Crippen molar-refractivity contribution in [2.75, 3.05) is 38.9 Å². The summed E-state index contributed by atoms with van der Waals surface area (Å²) in [5, 5.41) is 2.94. The van der Waals surface area contributed by atoms with Gasteiger partial charge >= 0.3 is 0 Å². The van der Waals surface area contributed by atoms with Gasteiger partial charge in [-0.25, -0.2) is 0 Å². The zero-order valence-electron chi connectivity index (χ0n) is 14.6. The monoisotopic (exact) mass is 384 g/mol. The van der Waals surface area contributed by atoms with Crippen molar-refractivity contribution in [3.8, 4) is 0 Å². The number of alkyl halides is 1. The van der Waals surface area contributed by atoms with Gasteiger partial charge in [-0.3, -0.25) is 4.79 Å². The molecule has 3 N–H and O–H groups in total. The Kier molecular flexibility index (Phi) is 16.4. The topological polar surface area (TPSA) is 73.6 Å². The molecule has 0 aromatic rings. The summed E-state index contributed by atoms with van der Waals surface area (Å²) in [4.78, 5) is 11.9. The SMILES string of the molecule is Cl.N[C@H]1CC[C@H](C(=O)NCCOCCOCCCCCCCl)CC1. The summed E-state index contributed by atoms with van der Waals surface area (Å²) >= 11 is 5.61. The van der Waals surface area contributed by atoms with Crippen LogP contribution in [0.1, 0.15) is 51.4 Å². The Labute approximate surface area is 157 Å². The zero-order valence-corrected chi connectivity index (χ0v) is 16.2. The number of hydrogen-bond acceptors (Lipinski definition) is 4. The number of rotatable bonds is 13. The molecule has 1 fully saturated rings. The molecule has 0 bridgehead atoms. The van der Waals surface area contributed by atoms with E-state index >= 15 is 0 Å². The molecular formula is C17H34Cl2N2O3. The van der Waals surface area contributed by atoms with Crippen molar-refractivity contribution in [2.24, 2.45) is 11.7 Å². The minimum Gasteiger partial charge on any atom is -0.379 e. The molecule has 0 aromatic heterocycles. The van der Waals surface area contributed by atoms with Crippen LogP contribution >= 0.6 is 24.0 Å². The predicted octanol–water partition coefficient (Wildman–Crippen LogP) is 2.87. The Morgan fingerprint density at radius 1 is 0.958 bits per heavy atom. The molecule has 0 spiro atoms. The number of halogens is 2. The van der Waals surface area contributed by atoms with Crippen molar-refractivity contribution in [3.05, 3.63) is 0 Å². The first-order valence-corrected chi connectivity index (χ1v) is 9.52. The minimum atomic E-state index is 0. The largest absolute Gasteiger partial charge is 0.379 e. The second-order valence-electron chi connectivity index (χ2n) is 6.23. The molecule has 1 aliphatic rings. The second kappa shape index (κ2) is 16.4. The number of amides is 1. The molecule has 144 valence electrons. The second-order valence-corrected chi connectivity index (χ2v) is 6.61. The summed E-state index contributed by atoms with van der Waals surface area (Å²) < 4.78 is 10.9. The fourth-order valence-corrected chi connectivity index (χ4v) is 2.94. The van der Waals surface area contributed by atoms with E-state index in [1.807, 2.05) is 0 Å². The molecule has 0 aromatic carbocycles. The van der Waals surface area contributed by atoms with Crippen LogP contribution in [0.25, 0.3) is 0 Å². The summed E-state index contributed by atoms with van der Waals surface area (Å²) in [7, 11) is 0. The number of carbonyl (C=O) groups is 1. The van der Waals surface area contributed by atoms with E-state index in [9.17, 15) is 4.79 Å². The highest BCUT2D eigenvalue weighted by Crippen LogP contribution is 2.22. The van der Waals surface area contributed by atoms with Gasteiger partial charge in [-0.2, -0.15) is 0 Å². The Morgan fingerprint density at radius 2 is 1.58 bits per heavy atom. The number of hydrogen-bond donors (Lipinski definition) is 2. The minimum absolute atomic E-state index is 0. The van der Waals surface area contributed by atoms with Crippen LogP contribution in [0, 0.1) is 5.92 Å². The van der Waals surface area contributed by atoms with E-state index < -0.39 is 0 Å². The van der Waals surface area contributed by atoms with Gasteiger partial charge in [-0.1, -0.05) is 12.8 Å². The zero-order chi connectivity index (χ0) is 16.8. The van der Waals surface area contributed by atoms with Gasteiger partial charge < -0.3 is 20.5 Å². The Hall–Kier alpha value is -0.0700. The quantitative estimate of drug-likeness (QED) is 0.378. The van der Waals surface area contributed by atoms with Crippen molar-refractivity contribution in [1.29, 1.82) is 0 Å². The number of unbranched alkanes of at least 4 members (excludes halogenated alkanes) is 3. The predicted molar refractivity (Wildman–Crippen MR) is 101 cm³/mol. The van der Waals surface area contributed by atoms with Crippen LogP contribution in [-0.2, 0) is 14.3 Å². The van der Waals surface area contributed by atoms with Crippen molar-refractivity contribution in [2.45, 2.75) is 57.4 Å². The van der Waals surface area contributed by atoms with Crippen molar-refractivity contribution in [1.82, 2.24) is 5.32 Å². The van der Waals surface area contributed by atoms with E-state index in [0.717, 1.165) is 51.0 Å². The van der Waals surface area contributed by atoms with Crippen LogP contribution in [0.5, 0.6) is 0 Å². The molecule has 0 atom stereocenters. The van der Waals surface area contributed by atoms with E-state index in [2.05, 4.69) is 5.32 Å². The van der Waals surface area contributed by atoms with Crippen LogP contribution < -0.4 is 11.1 Å². The van der Waals surface area contributed by atoms with Crippen LogP contribution in [0.15, 0.2) is 0 Å². The maximum absolute atomic E-state index is 11.9. The van der Waals surface area contributed by atoms with E-state index in [-0.39, 0.29) is 30.3 Å². The van der Waals surface area contributed by atoms with E-state index in [4.69, 9.17) is 26.8 Å². The maximum atomic E-state index is 11.9. The highest BCUT2D eigenvalue weighted by atomic mass is 35.5. The van der Waals surface area contributed by atoms with Gasteiger partial charge in [0.05, 0.1) is 19.8 Å². The summed E-state index contributed by atoms with van der Waals surface area (Å²) in [5.74, 6) is 1.03. The molecule has 0 heterocycles. The first-order chi connectivity index (χ1) is 11.2.